The third-order valence-electron chi connectivity index (χ3n) is 3.95. The van der Waals surface area contributed by atoms with Crippen LogP contribution in [0.25, 0.3) is 0 Å². The van der Waals surface area contributed by atoms with Gasteiger partial charge in [-0.3, -0.25) is 9.59 Å². The number of ketones is 1. The number of ether oxygens (including phenoxy) is 3. The summed E-state index contributed by atoms with van der Waals surface area (Å²) in [5, 5.41) is 2.50. The Kier molecular flexibility index (Phi) is 5.55. The van der Waals surface area contributed by atoms with Gasteiger partial charge in [-0.15, -0.1) is 0 Å². The Morgan fingerprint density at radius 2 is 1.81 bits per heavy atom. The molecule has 8 heteroatoms. The lowest BCUT2D eigenvalue weighted by Gasteiger charge is -2.17. The van der Waals surface area contributed by atoms with Gasteiger partial charge < -0.3 is 25.3 Å². The topological polar surface area (TPSA) is 117 Å². The first kappa shape index (κ1) is 18.2. The van der Waals surface area contributed by atoms with E-state index in [0.29, 0.717) is 22.6 Å². The zero-order chi connectivity index (χ0) is 19.2. The van der Waals surface area contributed by atoms with Crippen LogP contribution in [0.1, 0.15) is 28.4 Å². The van der Waals surface area contributed by atoms with Crippen molar-refractivity contribution in [3.05, 3.63) is 59.7 Å². The normalized spacial score (nSPS) is 12.9. The molecule has 0 aromatic heterocycles. The molecule has 27 heavy (non-hydrogen) atoms. The minimum absolute atomic E-state index is 0.107. The number of fused-ring (bicyclic) bond motifs is 1. The monoisotopic (exact) mass is 370 g/mol. The van der Waals surface area contributed by atoms with Crippen LogP contribution in [0.2, 0.25) is 0 Å². The van der Waals surface area contributed by atoms with Crippen LogP contribution in [0.4, 0.5) is 4.79 Å². The molecule has 1 aliphatic heterocycles. The standard InChI is InChI=1S/C19H18N2O6/c20-19(24)21-14(12-4-2-1-3-5-12)9-18(23)25-10-15(22)13-6-7-16-17(8-13)27-11-26-16/h1-8,14H,9-11H2,(H3,20,21,24)/t14-/m0/s1. The SMILES string of the molecule is NC(=O)N[C@@H](CC(=O)OCC(=O)c1ccc2c(c1)OCO2)c1ccccc1. The van der Waals surface area contributed by atoms with Gasteiger partial charge in [-0.1, -0.05) is 30.3 Å². The van der Waals surface area contributed by atoms with Gasteiger partial charge in [-0.25, -0.2) is 4.79 Å². The number of nitrogens with two attached hydrogens (primary N) is 1. The quantitative estimate of drug-likeness (QED) is 0.568. The van der Waals surface area contributed by atoms with E-state index in [9.17, 15) is 14.4 Å². The number of hydrogen-bond acceptors (Lipinski definition) is 6. The molecule has 0 saturated heterocycles. The van der Waals surface area contributed by atoms with E-state index in [0.717, 1.165) is 0 Å². The number of hydrogen-bond donors (Lipinski definition) is 2. The van der Waals surface area contributed by atoms with Gasteiger partial charge in [0.2, 0.25) is 6.79 Å². The summed E-state index contributed by atoms with van der Waals surface area (Å²) >= 11 is 0. The van der Waals surface area contributed by atoms with Crippen LogP contribution in [-0.2, 0) is 9.53 Å². The smallest absolute Gasteiger partial charge is 0.312 e. The average Bonchev–Trinajstić information content (AvgIpc) is 3.13. The minimum atomic E-state index is -0.756. The van der Waals surface area contributed by atoms with E-state index in [1.807, 2.05) is 6.07 Å². The van der Waals surface area contributed by atoms with Crippen LogP contribution in [-0.4, -0.2) is 31.2 Å². The van der Waals surface area contributed by atoms with Crippen LogP contribution in [0.5, 0.6) is 11.5 Å². The van der Waals surface area contributed by atoms with Gasteiger partial charge in [0, 0.05) is 5.56 Å². The summed E-state index contributed by atoms with van der Waals surface area (Å²) in [7, 11) is 0. The summed E-state index contributed by atoms with van der Waals surface area (Å²) in [4.78, 5) is 35.5. The maximum absolute atomic E-state index is 12.2. The summed E-state index contributed by atoms with van der Waals surface area (Å²) in [6, 6.07) is 12.2. The molecule has 3 rings (SSSR count). The summed E-state index contributed by atoms with van der Waals surface area (Å²) in [5.41, 5.74) is 6.22. The summed E-state index contributed by atoms with van der Waals surface area (Å²) in [6.45, 7) is -0.313. The molecule has 0 radical (unpaired) electrons. The molecule has 1 atom stereocenters. The summed E-state index contributed by atoms with van der Waals surface area (Å²) in [6.07, 6.45) is -0.151. The molecule has 0 aliphatic carbocycles. The zero-order valence-electron chi connectivity index (χ0n) is 14.3. The molecule has 2 aromatic carbocycles. The second-order valence-corrected chi connectivity index (χ2v) is 5.83. The molecule has 8 nitrogen and oxygen atoms in total. The van der Waals surface area contributed by atoms with Crippen molar-refractivity contribution >= 4 is 17.8 Å². The highest BCUT2D eigenvalue weighted by atomic mass is 16.7. The number of benzene rings is 2. The van der Waals surface area contributed by atoms with Gasteiger partial charge in [0.05, 0.1) is 12.5 Å². The highest BCUT2D eigenvalue weighted by Crippen LogP contribution is 2.32. The van der Waals surface area contributed by atoms with E-state index >= 15 is 0 Å². The number of Topliss-reactive ketones (excluding diaryl/α,β-unsaturated/α-hetero) is 1. The number of carbonyl (C=O) groups excluding carboxylic acids is 3. The molecule has 140 valence electrons. The Morgan fingerprint density at radius 1 is 1.07 bits per heavy atom. The lowest BCUT2D eigenvalue weighted by molar-refractivity contribution is -0.143. The number of amides is 2. The minimum Gasteiger partial charge on any atom is -0.457 e. The summed E-state index contributed by atoms with van der Waals surface area (Å²) < 4.78 is 15.5. The number of nitrogens with one attached hydrogen (secondary N) is 1. The first-order chi connectivity index (χ1) is 13.0. The Hall–Kier alpha value is -3.55. The number of esters is 1. The Labute approximate surface area is 155 Å². The Morgan fingerprint density at radius 3 is 2.56 bits per heavy atom. The van der Waals surface area contributed by atoms with E-state index in [1.165, 1.54) is 0 Å². The van der Waals surface area contributed by atoms with Crippen LogP contribution in [0.15, 0.2) is 48.5 Å². The first-order valence-electron chi connectivity index (χ1n) is 8.22. The molecule has 1 heterocycles. The van der Waals surface area contributed by atoms with Crippen molar-refractivity contribution in [3.63, 3.8) is 0 Å². The van der Waals surface area contributed by atoms with Crippen molar-refractivity contribution in [1.29, 1.82) is 0 Å². The third-order valence-corrected chi connectivity index (χ3v) is 3.95. The van der Waals surface area contributed by atoms with Crippen LogP contribution < -0.4 is 20.5 Å². The molecule has 0 bridgehead atoms. The maximum Gasteiger partial charge on any atom is 0.312 e. The average molecular weight is 370 g/mol. The molecule has 0 saturated carbocycles. The van der Waals surface area contributed by atoms with Crippen molar-refractivity contribution in [1.82, 2.24) is 5.32 Å². The molecule has 2 amide bonds. The van der Waals surface area contributed by atoms with Gasteiger partial charge in [0.15, 0.2) is 23.9 Å². The van der Waals surface area contributed by atoms with E-state index < -0.39 is 24.6 Å². The predicted octanol–water partition coefficient (Wildman–Crippen LogP) is 1.94. The van der Waals surface area contributed by atoms with Crippen LogP contribution >= 0.6 is 0 Å². The molecule has 0 fully saturated rings. The van der Waals surface area contributed by atoms with Crippen LogP contribution in [0, 0.1) is 0 Å². The molecule has 3 N–H and O–H groups in total. The zero-order valence-corrected chi connectivity index (χ0v) is 14.3. The molecule has 0 unspecified atom stereocenters. The number of rotatable bonds is 7. The van der Waals surface area contributed by atoms with E-state index in [4.69, 9.17) is 19.9 Å². The number of urea groups is 1. The molecule has 1 aliphatic rings. The van der Waals surface area contributed by atoms with Crippen LogP contribution in [0.3, 0.4) is 0 Å². The van der Waals surface area contributed by atoms with E-state index in [1.54, 1.807) is 42.5 Å². The largest absolute Gasteiger partial charge is 0.457 e. The van der Waals surface area contributed by atoms with Crippen molar-refractivity contribution in [2.45, 2.75) is 12.5 Å². The second-order valence-electron chi connectivity index (χ2n) is 5.83. The lowest BCUT2D eigenvalue weighted by atomic mass is 10.0. The van der Waals surface area contributed by atoms with Gasteiger partial charge in [-0.2, -0.15) is 0 Å². The van der Waals surface area contributed by atoms with Crippen molar-refractivity contribution in [3.8, 4) is 11.5 Å². The molecular weight excluding hydrogens is 352 g/mol. The summed E-state index contributed by atoms with van der Waals surface area (Å²) in [5.74, 6) is 0.0289. The van der Waals surface area contributed by atoms with Gasteiger partial charge in [0.1, 0.15) is 0 Å². The van der Waals surface area contributed by atoms with Crippen molar-refractivity contribution in [2.75, 3.05) is 13.4 Å². The number of carbonyl (C=O) groups is 3. The van der Waals surface area contributed by atoms with Gasteiger partial charge in [-0.05, 0) is 23.8 Å². The van der Waals surface area contributed by atoms with Gasteiger partial charge in [0.25, 0.3) is 0 Å². The van der Waals surface area contributed by atoms with E-state index in [-0.39, 0.29) is 19.0 Å². The fourth-order valence-electron chi connectivity index (χ4n) is 2.63. The fraction of sp³-hybridized carbons (Fsp3) is 0.211. The fourth-order valence-corrected chi connectivity index (χ4v) is 2.63. The third kappa shape index (κ3) is 4.75. The molecule has 2 aromatic rings. The number of primary amides is 1. The van der Waals surface area contributed by atoms with Crippen molar-refractivity contribution in [2.24, 2.45) is 5.73 Å². The van der Waals surface area contributed by atoms with Crippen molar-refractivity contribution < 1.29 is 28.6 Å². The highest BCUT2D eigenvalue weighted by molar-refractivity contribution is 5.98. The van der Waals surface area contributed by atoms with E-state index in [2.05, 4.69) is 5.32 Å². The molecule has 0 spiro atoms. The Balaban J connectivity index is 1.57. The second kappa shape index (κ2) is 8.22. The molecular formula is C19H18N2O6. The maximum atomic E-state index is 12.2. The Bertz CT molecular complexity index is 853. The first-order valence-corrected chi connectivity index (χ1v) is 8.22. The predicted molar refractivity (Wildman–Crippen MR) is 94.4 cm³/mol. The highest BCUT2D eigenvalue weighted by Gasteiger charge is 2.20. The lowest BCUT2D eigenvalue weighted by Crippen LogP contribution is -2.34. The van der Waals surface area contributed by atoms with Gasteiger partial charge >= 0.3 is 12.0 Å².